The summed E-state index contributed by atoms with van der Waals surface area (Å²) in [6, 6.07) is -1.97. The number of hydrogen-bond donors (Lipinski definition) is 3. The molecule has 3 N–H and O–H groups in total. The lowest BCUT2D eigenvalue weighted by Gasteiger charge is -2.29. The lowest BCUT2D eigenvalue weighted by Crippen LogP contribution is -2.50. The van der Waals surface area contributed by atoms with Crippen LogP contribution in [0.5, 0.6) is 0 Å². The van der Waals surface area contributed by atoms with Gasteiger partial charge in [-0.2, -0.15) is 0 Å². The summed E-state index contributed by atoms with van der Waals surface area (Å²) in [7, 11) is 0.270. The van der Waals surface area contributed by atoms with E-state index in [1.54, 1.807) is 6.92 Å². The Hall–Kier alpha value is -1.41. The minimum absolute atomic E-state index is 0.163. The van der Waals surface area contributed by atoms with Gasteiger partial charge < -0.3 is 24.8 Å². The van der Waals surface area contributed by atoms with Gasteiger partial charge in [0.15, 0.2) is 0 Å². The van der Waals surface area contributed by atoms with Crippen LogP contribution in [0.4, 0.5) is 17.6 Å². The van der Waals surface area contributed by atoms with Crippen LogP contribution in [-0.2, 0) is 24.1 Å². The molecule has 15 heteroatoms. The lowest BCUT2D eigenvalue weighted by atomic mass is 9.83. The van der Waals surface area contributed by atoms with Crippen molar-refractivity contribution in [3.05, 3.63) is 0 Å². The van der Waals surface area contributed by atoms with E-state index in [1.165, 1.54) is 20.8 Å². The number of halogens is 4. The molecule has 0 radical (unpaired) electrons. The molecule has 6 atom stereocenters. The second-order valence-electron chi connectivity index (χ2n) is 8.13. The minimum Gasteiger partial charge on any atom is -0.468 e. The number of esters is 1. The van der Waals surface area contributed by atoms with Crippen LogP contribution in [0, 0.1) is 23.7 Å². The second kappa shape index (κ2) is 9.84. The smallest absolute Gasteiger partial charge is 0.412 e. The molecule has 0 aromatic rings. The predicted molar refractivity (Wildman–Crippen MR) is 104 cm³/mol. The third-order valence-electron chi connectivity index (χ3n) is 6.10. The molecule has 1 saturated heterocycles. The van der Waals surface area contributed by atoms with Crippen molar-refractivity contribution in [1.82, 2.24) is 10.0 Å². The topological polar surface area (TPSA) is 118 Å². The highest BCUT2D eigenvalue weighted by Crippen LogP contribution is 2.63. The van der Waals surface area contributed by atoms with E-state index in [9.17, 15) is 32.2 Å². The molecule has 1 amide bonds. The standard InChI is InChI=1S/C9H16BF2NO3.C8H12BF2NO4/c1-4-5-6(9(5,11)12)7(8(14)16-3)13-10(2)15;1-9(14)12-4(3-16-15-2)5-6(7(12)13)8(5,10)11/h5-7,13,15H,4H2,1-3H3;4-6,14H,3H2,1-2H3. The Morgan fingerprint density at radius 3 is 2.22 bits per heavy atom. The van der Waals surface area contributed by atoms with Crippen LogP contribution in [0.25, 0.3) is 0 Å². The van der Waals surface area contributed by atoms with Crippen LogP contribution in [0.3, 0.4) is 0 Å². The average Bonchev–Trinajstić information content (AvgIpc) is 3.40. The molecule has 2 aliphatic carbocycles. The number of hydrogen-bond acceptors (Lipinski definition) is 8. The first-order valence-corrected chi connectivity index (χ1v) is 10.2. The molecule has 6 unspecified atom stereocenters. The van der Waals surface area contributed by atoms with Gasteiger partial charge in [-0.25, -0.2) is 27.3 Å². The summed E-state index contributed by atoms with van der Waals surface area (Å²) >= 11 is 0. The van der Waals surface area contributed by atoms with Crippen molar-refractivity contribution in [1.29, 1.82) is 0 Å². The van der Waals surface area contributed by atoms with Gasteiger partial charge in [-0.3, -0.25) is 9.59 Å². The molecular formula is C17H28B2F4N2O7. The molecule has 0 aromatic carbocycles. The molecule has 0 aromatic heterocycles. The third kappa shape index (κ3) is 4.91. The van der Waals surface area contributed by atoms with Gasteiger partial charge >= 0.3 is 20.1 Å². The summed E-state index contributed by atoms with van der Waals surface area (Å²) in [5.41, 5.74) is 0. The van der Waals surface area contributed by atoms with Crippen LogP contribution >= 0.6 is 0 Å². The van der Waals surface area contributed by atoms with Crippen molar-refractivity contribution >= 4 is 26.0 Å². The van der Waals surface area contributed by atoms with Gasteiger partial charge in [-0.05, 0) is 20.1 Å². The second-order valence-corrected chi connectivity index (χ2v) is 8.13. The molecule has 9 nitrogen and oxygen atoms in total. The Balaban J connectivity index is 0.000000227. The summed E-state index contributed by atoms with van der Waals surface area (Å²) in [6.45, 7) is 4.22. The van der Waals surface area contributed by atoms with Crippen molar-refractivity contribution < 1.29 is 51.7 Å². The van der Waals surface area contributed by atoms with Crippen molar-refractivity contribution in [3.8, 4) is 0 Å². The van der Waals surface area contributed by atoms with Crippen LogP contribution in [0.15, 0.2) is 0 Å². The summed E-state index contributed by atoms with van der Waals surface area (Å²) < 4.78 is 57.5. The van der Waals surface area contributed by atoms with E-state index in [1.807, 2.05) is 0 Å². The maximum atomic E-state index is 13.3. The highest BCUT2D eigenvalue weighted by molar-refractivity contribution is 6.49. The number of carbonyl (C=O) groups excluding carboxylic acids is 2. The van der Waals surface area contributed by atoms with Gasteiger partial charge in [-0.15, -0.1) is 0 Å². The highest BCUT2D eigenvalue weighted by Gasteiger charge is 2.80. The minimum atomic E-state index is -2.97. The molecular weight excluding hydrogens is 442 g/mol. The summed E-state index contributed by atoms with van der Waals surface area (Å²) in [5, 5.41) is 20.9. The lowest BCUT2D eigenvalue weighted by molar-refractivity contribution is -0.279. The van der Waals surface area contributed by atoms with Gasteiger partial charge in [0.25, 0.3) is 11.8 Å². The monoisotopic (exact) mass is 470 g/mol. The van der Waals surface area contributed by atoms with E-state index in [0.29, 0.717) is 6.42 Å². The van der Waals surface area contributed by atoms with Crippen molar-refractivity contribution in [2.45, 2.75) is 50.9 Å². The number of amides is 1. The first-order chi connectivity index (χ1) is 14.8. The van der Waals surface area contributed by atoms with Crippen LogP contribution < -0.4 is 5.23 Å². The number of nitrogens with zero attached hydrogens (tertiary/aromatic N) is 1. The van der Waals surface area contributed by atoms with Crippen LogP contribution in [0.2, 0.25) is 13.6 Å². The molecule has 3 aliphatic rings. The van der Waals surface area contributed by atoms with Gasteiger partial charge in [0, 0.05) is 5.92 Å². The Morgan fingerprint density at radius 1 is 1.22 bits per heavy atom. The Morgan fingerprint density at radius 2 is 1.81 bits per heavy atom. The van der Waals surface area contributed by atoms with Gasteiger partial charge in [0.2, 0.25) is 5.91 Å². The van der Waals surface area contributed by atoms with Crippen LogP contribution in [-0.4, -0.2) is 85.6 Å². The molecule has 0 bridgehead atoms. The van der Waals surface area contributed by atoms with Crippen molar-refractivity contribution in [2.24, 2.45) is 23.7 Å². The molecule has 1 aliphatic heterocycles. The molecule has 0 spiro atoms. The first-order valence-electron chi connectivity index (χ1n) is 10.2. The van der Waals surface area contributed by atoms with E-state index in [4.69, 9.17) is 5.02 Å². The van der Waals surface area contributed by atoms with Gasteiger partial charge in [0.1, 0.15) is 18.6 Å². The number of alkyl halides is 4. The van der Waals surface area contributed by atoms with E-state index in [0.717, 1.165) is 11.9 Å². The number of fused-ring (bicyclic) bond motifs is 1. The van der Waals surface area contributed by atoms with Gasteiger partial charge in [0.05, 0.1) is 32.1 Å². The molecule has 3 fully saturated rings. The number of rotatable bonds is 9. The molecule has 32 heavy (non-hydrogen) atoms. The quantitative estimate of drug-likeness (QED) is 0.145. The highest BCUT2D eigenvalue weighted by atomic mass is 19.3. The van der Waals surface area contributed by atoms with Crippen LogP contribution in [0.1, 0.15) is 13.3 Å². The SMILES string of the molecule is CCC1C(C(NB(C)O)C(=O)OC)C1(F)F.COOCC1C2C(C(=O)N1B(C)O)C2(F)F. The Kier molecular flexibility index (Phi) is 8.25. The molecule has 2 saturated carbocycles. The van der Waals surface area contributed by atoms with E-state index < -0.39 is 73.6 Å². The number of piperidine rings is 1. The number of carbonyl (C=O) groups is 2. The molecule has 3 rings (SSSR count). The largest absolute Gasteiger partial charge is 0.468 e. The molecule has 182 valence electrons. The zero-order valence-electron chi connectivity index (χ0n) is 18.4. The van der Waals surface area contributed by atoms with E-state index in [-0.39, 0.29) is 6.61 Å². The fourth-order valence-corrected chi connectivity index (χ4v) is 4.53. The van der Waals surface area contributed by atoms with E-state index in [2.05, 4.69) is 19.7 Å². The zero-order valence-corrected chi connectivity index (χ0v) is 18.4. The summed E-state index contributed by atoms with van der Waals surface area (Å²) in [5.74, 6) is -11.6. The first kappa shape index (κ1) is 26.8. The zero-order chi connectivity index (χ0) is 24.6. The summed E-state index contributed by atoms with van der Waals surface area (Å²) in [6.07, 6.45) is 0.298. The molecule has 1 heterocycles. The number of methoxy groups -OCH3 is 1. The maximum absolute atomic E-state index is 13.3. The number of nitrogens with one attached hydrogen (secondary N) is 1. The predicted octanol–water partition coefficient (Wildman–Crippen LogP) is 0.286. The maximum Gasteiger partial charge on any atom is 0.412 e. The van der Waals surface area contributed by atoms with Crippen molar-refractivity contribution in [3.63, 3.8) is 0 Å². The fraction of sp³-hybridized carbons (Fsp3) is 0.882. The normalized spacial score (nSPS) is 31.8. The third-order valence-corrected chi connectivity index (χ3v) is 6.10. The Bertz CT molecular complexity index is 704. The average molecular weight is 470 g/mol. The Labute approximate surface area is 183 Å². The van der Waals surface area contributed by atoms with Gasteiger partial charge in [-0.1, -0.05) is 6.92 Å². The number of ether oxygens (including phenoxy) is 1. The van der Waals surface area contributed by atoms with E-state index >= 15 is 0 Å². The fourth-order valence-electron chi connectivity index (χ4n) is 4.53. The van der Waals surface area contributed by atoms with Crippen molar-refractivity contribution in [2.75, 3.05) is 20.8 Å². The summed E-state index contributed by atoms with van der Waals surface area (Å²) in [4.78, 5) is 32.9.